The first-order chi connectivity index (χ1) is 42.6. The molecule has 17 nitrogen and oxygen atoms in total. The third-order valence-corrected chi connectivity index (χ3v) is 15.0. The molecular weight excluding hydrogens is 1130 g/mol. The van der Waals surface area contributed by atoms with E-state index in [1.54, 1.807) is 52.7 Å². The highest BCUT2D eigenvalue weighted by Crippen LogP contribution is 2.35. The van der Waals surface area contributed by atoms with Gasteiger partial charge in [0.25, 0.3) is 23.4 Å². The summed E-state index contributed by atoms with van der Waals surface area (Å²) in [6, 6.07) is 53.5. The molecule has 1 heterocycles. The number of nitrogens with one attached hydrogen (secondary N) is 5. The number of carbonyl (C=O) groups excluding carboxylic acids is 3. The number of rotatable bonds is 24. The van der Waals surface area contributed by atoms with Crippen molar-refractivity contribution in [2.75, 3.05) is 66.5 Å². The van der Waals surface area contributed by atoms with E-state index in [-0.39, 0.29) is 23.2 Å². The maximum Gasteiger partial charge on any atom is 0.292 e. The first kappa shape index (κ1) is 65.2. The summed E-state index contributed by atoms with van der Waals surface area (Å²) < 4.78 is 21.2. The van der Waals surface area contributed by atoms with Crippen molar-refractivity contribution >= 4 is 74.6 Å². The van der Waals surface area contributed by atoms with Crippen molar-refractivity contribution in [3.8, 4) is 33.4 Å². The van der Waals surface area contributed by atoms with Crippen LogP contribution in [0.1, 0.15) is 98.4 Å². The van der Waals surface area contributed by atoms with Crippen molar-refractivity contribution < 1.29 is 38.3 Å². The summed E-state index contributed by atoms with van der Waals surface area (Å²) in [6.07, 6.45) is 6.49. The number of nitro groups is 1. The lowest BCUT2D eigenvalue weighted by atomic mass is 10.1. The second-order valence-electron chi connectivity index (χ2n) is 20.5. The van der Waals surface area contributed by atoms with E-state index in [4.69, 9.17) is 30.4 Å². The zero-order chi connectivity index (χ0) is 63.0. The number of unbranched alkanes of at least 4 members (excludes halogenated alkanes) is 2. The molecule has 0 aliphatic rings. The second kappa shape index (κ2) is 32.8. The van der Waals surface area contributed by atoms with Gasteiger partial charge < -0.3 is 57.0 Å². The van der Waals surface area contributed by atoms with E-state index >= 15 is 0 Å². The summed E-state index contributed by atoms with van der Waals surface area (Å²) in [5.41, 5.74) is 24.2. The summed E-state index contributed by atoms with van der Waals surface area (Å²) in [4.78, 5) is 49.7. The van der Waals surface area contributed by atoms with Crippen molar-refractivity contribution in [2.45, 2.75) is 72.4 Å². The minimum atomic E-state index is -0.503. The van der Waals surface area contributed by atoms with Gasteiger partial charge in [-0.3, -0.25) is 24.5 Å². The quantitative estimate of drug-likeness (QED) is 0.0169. The van der Waals surface area contributed by atoms with Crippen LogP contribution >= 0.6 is 11.3 Å². The van der Waals surface area contributed by atoms with Gasteiger partial charge >= 0.3 is 0 Å². The molecule has 0 aliphatic heterocycles. The number of thiophene rings is 1. The molecule has 0 radical (unpaired) electrons. The number of anilines is 7. The molecule has 18 heteroatoms. The predicted molar refractivity (Wildman–Crippen MR) is 357 cm³/mol. The zero-order valence-electron chi connectivity index (χ0n) is 50.7. The lowest BCUT2D eigenvalue weighted by Gasteiger charge is -2.12. The summed E-state index contributed by atoms with van der Waals surface area (Å²) >= 11 is 1.52. The number of hydrogen-bond donors (Lipinski definition) is 7. The molecule has 0 atom stereocenters. The number of nitrogen functional groups attached to an aromatic ring is 2. The molecule has 0 unspecified atom stereocenters. The third-order valence-electron chi connectivity index (χ3n) is 14.1. The van der Waals surface area contributed by atoms with Crippen LogP contribution in [0.25, 0.3) is 10.4 Å². The Bertz CT molecular complexity index is 3770. The Morgan fingerprint density at radius 2 is 0.909 bits per heavy atom. The Hall–Kier alpha value is -10.3. The van der Waals surface area contributed by atoms with Crippen molar-refractivity contribution in [2.24, 2.45) is 0 Å². The van der Waals surface area contributed by atoms with Crippen LogP contribution < -0.4 is 57.0 Å². The van der Waals surface area contributed by atoms with Crippen LogP contribution in [-0.4, -0.2) is 51.1 Å². The normalized spacial score (nSPS) is 10.4. The predicted octanol–water partition coefficient (Wildman–Crippen LogP) is 15.9. The van der Waals surface area contributed by atoms with E-state index in [1.165, 1.54) is 28.5 Å². The minimum absolute atomic E-state index is 0.130. The molecule has 0 aliphatic carbocycles. The average Bonchev–Trinajstić information content (AvgIpc) is 4.25. The molecule has 1 aromatic heterocycles. The Balaban J connectivity index is 0.000000194. The first-order valence-corrected chi connectivity index (χ1v) is 29.7. The number of nitrogens with zero attached hydrogens (tertiary/aromatic N) is 1. The third kappa shape index (κ3) is 18.8. The lowest BCUT2D eigenvalue weighted by molar-refractivity contribution is -0.383. The highest BCUT2D eigenvalue weighted by molar-refractivity contribution is 7.13. The molecule has 9 aromatic rings. The second-order valence-corrected chi connectivity index (χ2v) is 21.4. The number of aryl methyl sites for hydroxylation is 3. The van der Waals surface area contributed by atoms with Gasteiger partial charge in [0.1, 0.15) is 5.69 Å². The Kier molecular flexibility index (Phi) is 24.3. The molecule has 8 aromatic carbocycles. The van der Waals surface area contributed by atoms with Gasteiger partial charge in [0.2, 0.25) is 0 Å². The van der Waals surface area contributed by atoms with Gasteiger partial charge in [-0.25, -0.2) is 0 Å². The van der Waals surface area contributed by atoms with Crippen LogP contribution in [0.2, 0.25) is 0 Å². The van der Waals surface area contributed by atoms with Crippen LogP contribution in [0.4, 0.5) is 45.5 Å². The van der Waals surface area contributed by atoms with Crippen molar-refractivity contribution in [1.82, 2.24) is 0 Å². The van der Waals surface area contributed by atoms with E-state index < -0.39 is 10.8 Å². The molecule has 0 saturated heterocycles. The molecule has 0 bridgehead atoms. The Labute approximate surface area is 518 Å². The maximum atomic E-state index is 12.8. The van der Waals surface area contributed by atoms with Crippen LogP contribution in [0.15, 0.2) is 181 Å². The summed E-state index contributed by atoms with van der Waals surface area (Å²) in [7, 11) is 6.39. The molecular formula is C70H76N8O9S. The summed E-state index contributed by atoms with van der Waals surface area (Å²) in [6.45, 7) is 7.47. The van der Waals surface area contributed by atoms with Crippen LogP contribution in [-0.2, 0) is 25.9 Å². The van der Waals surface area contributed by atoms with Crippen LogP contribution in [0.3, 0.4) is 0 Å². The van der Waals surface area contributed by atoms with Gasteiger partial charge in [0.05, 0.1) is 56.1 Å². The van der Waals surface area contributed by atoms with E-state index in [1.807, 2.05) is 158 Å². The molecule has 0 saturated carbocycles. The zero-order valence-corrected chi connectivity index (χ0v) is 51.5. The van der Waals surface area contributed by atoms with Gasteiger partial charge in [-0.05, 0) is 169 Å². The van der Waals surface area contributed by atoms with E-state index in [0.717, 1.165) is 77.0 Å². The fraction of sp³-hybridized carbons (Fsp3) is 0.214. The molecule has 0 fully saturated rings. The van der Waals surface area contributed by atoms with Crippen molar-refractivity contribution in [3.63, 3.8) is 0 Å². The number of carbonyl (C=O) groups is 3. The maximum absolute atomic E-state index is 12.8. The number of nitro benzene ring substituents is 1. The topological polar surface area (TPSA) is 243 Å². The summed E-state index contributed by atoms with van der Waals surface area (Å²) in [5, 5.41) is 28.6. The number of nitrogens with two attached hydrogens (primary N) is 2. The standard InChI is InChI=1S/C26H23N3O5S.C26H31N3O3.C18H22N2O/c1-33-23-12-10-20(15-24(23)34-2)27-16-17-5-7-18(8-6-17)26(30)28-21-14-19(25-4-3-13-35-25)9-11-22(21)29(31)32;1-4-5-6-18-9-13-22(27)23(15-18)29-26(30)20-10-7-19(8-11-20)17-28-21-12-14-24(31-2)25(16-21)32-3;1-3-4-5-14-8-11-16(19)17(12-14)20-18(21)15-9-6-13(2)7-10-15/h3-15,27H,16H2,1-2H3,(H,28,30);7-16,28H,4-6,17,27H2,1-3H3,(H,29,30);6-12H,3-5,19H2,1-2H3,(H,20,21). The summed E-state index contributed by atoms with van der Waals surface area (Å²) in [5.74, 6) is 1.90. The minimum Gasteiger partial charge on any atom is -0.493 e. The van der Waals surface area contributed by atoms with Crippen molar-refractivity contribution in [1.29, 1.82) is 0 Å². The van der Waals surface area contributed by atoms with E-state index in [2.05, 4.69) is 40.4 Å². The van der Waals surface area contributed by atoms with Gasteiger partial charge in [0.15, 0.2) is 23.0 Å². The fourth-order valence-corrected chi connectivity index (χ4v) is 9.75. The van der Waals surface area contributed by atoms with Crippen LogP contribution in [0.5, 0.6) is 23.0 Å². The number of hydrogen-bond acceptors (Lipinski definition) is 14. The van der Waals surface area contributed by atoms with Crippen molar-refractivity contribution in [3.05, 3.63) is 236 Å². The number of amides is 3. The number of benzene rings is 8. The first-order valence-electron chi connectivity index (χ1n) is 28.8. The monoisotopic (exact) mass is 1200 g/mol. The highest BCUT2D eigenvalue weighted by atomic mass is 32.1. The van der Waals surface area contributed by atoms with Gasteiger partial charge in [-0.1, -0.05) is 86.8 Å². The smallest absolute Gasteiger partial charge is 0.292 e. The fourth-order valence-electron chi connectivity index (χ4n) is 9.02. The SMILES string of the molecule is CCCCc1ccc(N)c(NC(=O)c2ccc(C)cc2)c1.CCCCc1ccc(N)c(NC(=O)c2ccc(CNc3ccc(OC)c(OC)c3)cc2)c1.COc1ccc(NCc2ccc(C(=O)Nc3cc(-c4cccs4)ccc3[N+](=O)[O-])cc2)cc1OC. The van der Waals surface area contributed by atoms with E-state index in [9.17, 15) is 24.5 Å². The Morgan fingerprint density at radius 3 is 1.31 bits per heavy atom. The number of methoxy groups -OCH3 is 4. The average molecular weight is 1210 g/mol. The molecule has 456 valence electrons. The molecule has 0 spiro atoms. The Morgan fingerprint density at radius 1 is 0.489 bits per heavy atom. The molecule has 9 rings (SSSR count). The van der Waals surface area contributed by atoms with Gasteiger partial charge in [-0.15, -0.1) is 11.3 Å². The highest BCUT2D eigenvalue weighted by Gasteiger charge is 2.19. The molecule has 3 amide bonds. The molecule has 88 heavy (non-hydrogen) atoms. The lowest BCUT2D eigenvalue weighted by Crippen LogP contribution is -2.13. The van der Waals surface area contributed by atoms with E-state index in [0.29, 0.717) is 75.5 Å². The molecule has 9 N–H and O–H groups in total. The van der Waals surface area contributed by atoms with Crippen LogP contribution in [0, 0.1) is 17.0 Å². The number of ether oxygens (including phenoxy) is 4. The largest absolute Gasteiger partial charge is 0.493 e. The van der Waals surface area contributed by atoms with Gasteiger partial charge in [-0.2, -0.15) is 0 Å². The van der Waals surface area contributed by atoms with Gasteiger partial charge in [0, 0.05) is 64.2 Å².